The van der Waals surface area contributed by atoms with Gasteiger partial charge in [0.15, 0.2) is 11.5 Å². The predicted octanol–water partition coefficient (Wildman–Crippen LogP) is 5.25. The van der Waals surface area contributed by atoms with Gasteiger partial charge in [0.25, 0.3) is 0 Å². The van der Waals surface area contributed by atoms with E-state index < -0.39 is 5.82 Å². The van der Waals surface area contributed by atoms with Crippen molar-refractivity contribution < 1.29 is 13.9 Å². The molecule has 11 heteroatoms. The van der Waals surface area contributed by atoms with Gasteiger partial charge in [-0.2, -0.15) is 5.10 Å². The molecule has 6 heterocycles. The summed E-state index contributed by atoms with van der Waals surface area (Å²) in [5.41, 5.74) is 5.99. The largest absolute Gasteiger partial charge is 0.497 e. The van der Waals surface area contributed by atoms with Crippen molar-refractivity contribution in [1.29, 1.82) is 0 Å². The number of rotatable bonds is 8. The highest BCUT2D eigenvalue weighted by Crippen LogP contribution is 2.32. The molecule has 0 saturated carbocycles. The molecule has 0 spiro atoms. The molecule has 0 bridgehead atoms. The Morgan fingerprint density at radius 2 is 1.76 bits per heavy atom. The van der Waals surface area contributed by atoms with Crippen molar-refractivity contribution in [3.05, 3.63) is 66.9 Å². The van der Waals surface area contributed by atoms with E-state index in [1.54, 1.807) is 24.7 Å². The lowest BCUT2D eigenvalue weighted by molar-refractivity contribution is 0.237. The van der Waals surface area contributed by atoms with Gasteiger partial charge >= 0.3 is 0 Å². The molecule has 0 aliphatic carbocycles. The lowest BCUT2D eigenvalue weighted by Crippen LogP contribution is -2.25. The van der Waals surface area contributed by atoms with Crippen LogP contribution in [0.1, 0.15) is 12.8 Å². The molecule has 7 rings (SSSR count). The molecule has 0 amide bonds. The Labute approximate surface area is 234 Å². The Morgan fingerprint density at radius 1 is 0.902 bits per heavy atom. The molecule has 1 saturated heterocycles. The Balaban J connectivity index is 1.21. The average molecular weight is 551 g/mol. The molecule has 41 heavy (non-hydrogen) atoms. The van der Waals surface area contributed by atoms with E-state index in [1.807, 2.05) is 24.3 Å². The summed E-state index contributed by atoms with van der Waals surface area (Å²) in [7, 11) is 1.50. The summed E-state index contributed by atoms with van der Waals surface area (Å²) in [4.78, 5) is 24.3. The zero-order valence-corrected chi connectivity index (χ0v) is 22.4. The molecule has 1 fully saturated rings. The fraction of sp³-hybridized carbons (Fsp3) is 0.233. The maximum atomic E-state index is 14.3. The zero-order valence-electron chi connectivity index (χ0n) is 22.4. The van der Waals surface area contributed by atoms with Crippen LogP contribution >= 0.6 is 0 Å². The first-order valence-electron chi connectivity index (χ1n) is 13.5. The quantitative estimate of drug-likeness (QED) is 0.264. The third-order valence-corrected chi connectivity index (χ3v) is 7.30. The van der Waals surface area contributed by atoms with Crippen LogP contribution in [0.4, 0.5) is 4.39 Å². The minimum absolute atomic E-state index is 0.403. The number of methoxy groups -OCH3 is 1. The van der Waals surface area contributed by atoms with Crippen molar-refractivity contribution in [2.24, 2.45) is 0 Å². The summed E-state index contributed by atoms with van der Waals surface area (Å²) >= 11 is 0. The number of likely N-dealkylation sites (tertiary alicyclic amines) is 1. The smallest absolute Gasteiger partial charge is 0.161 e. The van der Waals surface area contributed by atoms with Gasteiger partial charge in [-0.3, -0.25) is 20.0 Å². The van der Waals surface area contributed by atoms with Gasteiger partial charge < -0.3 is 14.5 Å². The minimum atomic E-state index is -0.417. The first-order valence-corrected chi connectivity index (χ1v) is 13.5. The van der Waals surface area contributed by atoms with Crippen molar-refractivity contribution in [3.63, 3.8) is 0 Å². The second-order valence-corrected chi connectivity index (χ2v) is 9.99. The van der Waals surface area contributed by atoms with Crippen molar-refractivity contribution >= 4 is 22.1 Å². The van der Waals surface area contributed by atoms with E-state index in [9.17, 15) is 4.39 Å². The summed E-state index contributed by atoms with van der Waals surface area (Å²) in [6.07, 6.45) is 7.67. The van der Waals surface area contributed by atoms with Crippen LogP contribution in [0.2, 0.25) is 0 Å². The number of hydrogen-bond acceptors (Lipinski definition) is 8. The van der Waals surface area contributed by atoms with E-state index in [-0.39, 0.29) is 0 Å². The van der Waals surface area contributed by atoms with Gasteiger partial charge in [0.05, 0.1) is 35.7 Å². The highest BCUT2D eigenvalue weighted by Gasteiger charge is 2.18. The second-order valence-electron chi connectivity index (χ2n) is 9.99. The van der Waals surface area contributed by atoms with E-state index in [2.05, 4.69) is 30.0 Å². The fourth-order valence-corrected chi connectivity index (χ4v) is 5.24. The maximum absolute atomic E-state index is 14.3. The summed E-state index contributed by atoms with van der Waals surface area (Å²) in [6.45, 7) is 3.81. The number of H-pyrrole nitrogens is 2. The van der Waals surface area contributed by atoms with Crippen molar-refractivity contribution in [2.45, 2.75) is 12.8 Å². The lowest BCUT2D eigenvalue weighted by atomic mass is 10.1. The minimum Gasteiger partial charge on any atom is -0.497 e. The Bertz CT molecular complexity index is 1860. The van der Waals surface area contributed by atoms with Crippen LogP contribution in [-0.2, 0) is 0 Å². The number of aromatic nitrogens is 7. The van der Waals surface area contributed by atoms with Crippen LogP contribution in [0.25, 0.3) is 56.1 Å². The molecule has 2 N–H and O–H groups in total. The Kier molecular flexibility index (Phi) is 6.48. The third kappa shape index (κ3) is 4.95. The van der Waals surface area contributed by atoms with Crippen LogP contribution in [0.3, 0.4) is 0 Å². The number of fused-ring (bicyclic) bond motifs is 2. The predicted molar refractivity (Wildman–Crippen MR) is 153 cm³/mol. The SMILES string of the molecule is COc1cc(F)cc(-c2nccc3[nH]c(-c4n[nH]c5ccc(-c6cncc(OCCN7CCCC7)c6)nc45)nc23)c1. The van der Waals surface area contributed by atoms with E-state index in [4.69, 9.17) is 19.4 Å². The molecule has 6 aromatic rings. The second kappa shape index (κ2) is 10.6. The van der Waals surface area contributed by atoms with E-state index in [0.29, 0.717) is 51.9 Å². The average Bonchev–Trinajstić information content (AvgIpc) is 3.76. The number of nitrogens with zero attached hydrogens (tertiary/aromatic N) is 6. The van der Waals surface area contributed by atoms with Crippen LogP contribution in [-0.4, -0.2) is 73.4 Å². The Morgan fingerprint density at radius 3 is 2.63 bits per heavy atom. The molecule has 206 valence electrons. The molecular weight excluding hydrogens is 523 g/mol. The summed E-state index contributed by atoms with van der Waals surface area (Å²) in [6, 6.07) is 12.1. The Hall–Kier alpha value is -4.90. The van der Waals surface area contributed by atoms with Gasteiger partial charge in [0, 0.05) is 36.1 Å². The molecule has 10 nitrogen and oxygen atoms in total. The van der Waals surface area contributed by atoms with Gasteiger partial charge in [-0.25, -0.2) is 14.4 Å². The summed E-state index contributed by atoms with van der Waals surface area (Å²) < 4.78 is 25.5. The van der Waals surface area contributed by atoms with Gasteiger partial charge in [-0.15, -0.1) is 0 Å². The number of imidazole rings is 1. The van der Waals surface area contributed by atoms with Gasteiger partial charge in [-0.1, -0.05) is 0 Å². The van der Waals surface area contributed by atoms with E-state index in [0.717, 1.165) is 41.9 Å². The highest BCUT2D eigenvalue weighted by atomic mass is 19.1. The zero-order chi connectivity index (χ0) is 27.8. The lowest BCUT2D eigenvalue weighted by Gasteiger charge is -2.15. The highest BCUT2D eigenvalue weighted by molar-refractivity contribution is 5.95. The number of hydrogen-bond donors (Lipinski definition) is 2. The summed E-state index contributed by atoms with van der Waals surface area (Å²) in [5, 5.41) is 7.55. The topological polar surface area (TPSA) is 118 Å². The molecule has 1 aliphatic heterocycles. The van der Waals surface area contributed by atoms with Crippen molar-refractivity contribution in [2.75, 3.05) is 33.4 Å². The van der Waals surface area contributed by atoms with Crippen LogP contribution in [0, 0.1) is 5.82 Å². The summed E-state index contributed by atoms with van der Waals surface area (Å²) in [5.74, 6) is 1.22. The number of halogens is 1. The van der Waals surface area contributed by atoms with Gasteiger partial charge in [-0.05, 0) is 62.3 Å². The van der Waals surface area contributed by atoms with Gasteiger partial charge in [0.1, 0.15) is 35.0 Å². The van der Waals surface area contributed by atoms with Crippen LogP contribution < -0.4 is 9.47 Å². The van der Waals surface area contributed by atoms with Crippen molar-refractivity contribution in [3.8, 4) is 45.5 Å². The van der Waals surface area contributed by atoms with Crippen LogP contribution in [0.15, 0.2) is 61.1 Å². The maximum Gasteiger partial charge on any atom is 0.161 e. The molecule has 1 aromatic carbocycles. The van der Waals surface area contributed by atoms with E-state index >= 15 is 0 Å². The number of aromatic amines is 2. The molecule has 0 unspecified atom stereocenters. The van der Waals surface area contributed by atoms with Crippen LogP contribution in [0.5, 0.6) is 11.5 Å². The number of benzene rings is 1. The molecule has 5 aromatic heterocycles. The number of pyridine rings is 3. The third-order valence-electron chi connectivity index (χ3n) is 7.30. The van der Waals surface area contributed by atoms with Crippen molar-refractivity contribution in [1.82, 2.24) is 40.0 Å². The molecular formula is C30H27FN8O2. The molecule has 0 atom stereocenters. The molecule has 1 aliphatic rings. The fourth-order valence-electron chi connectivity index (χ4n) is 5.24. The van der Waals surface area contributed by atoms with Gasteiger partial charge in [0.2, 0.25) is 0 Å². The first kappa shape index (κ1) is 25.1. The first-order chi connectivity index (χ1) is 20.1. The monoisotopic (exact) mass is 550 g/mol. The number of nitrogens with one attached hydrogen (secondary N) is 2. The van der Waals surface area contributed by atoms with E-state index in [1.165, 1.54) is 32.1 Å². The molecule has 0 radical (unpaired) electrons. The normalized spacial score (nSPS) is 13.8. The standard InChI is InChI=1S/C30H27FN8O2/c1-40-21-13-18(12-20(31)15-21)26-27-24(6-7-33-26)35-30(36-27)29-28-25(37-38-29)5-4-23(34-28)19-14-22(17-32-16-19)41-11-10-39-8-2-3-9-39/h4-7,12-17H,2-3,8-11H2,1H3,(H,35,36)(H,37,38). The number of ether oxygens (including phenoxy) is 2.